The fraction of sp³-hybridized carbons (Fsp3) is 0.0909. The van der Waals surface area contributed by atoms with Crippen molar-refractivity contribution in [1.29, 1.82) is 0 Å². The van der Waals surface area contributed by atoms with E-state index < -0.39 is 0 Å². The van der Waals surface area contributed by atoms with E-state index in [9.17, 15) is 4.39 Å². The zero-order valence-electron chi connectivity index (χ0n) is 8.64. The van der Waals surface area contributed by atoms with Gasteiger partial charge in [0, 0.05) is 17.5 Å². The van der Waals surface area contributed by atoms with E-state index >= 15 is 0 Å². The molecule has 17 heavy (non-hydrogen) atoms. The van der Waals surface area contributed by atoms with Gasteiger partial charge in [-0.05, 0) is 56.7 Å². The SMILES string of the molecule is Nc1cc(I)c(F)cc1NCc1ccc(Br)s1. The lowest BCUT2D eigenvalue weighted by Crippen LogP contribution is -2.02. The number of benzene rings is 1. The molecular formula is C11H9BrFIN2S. The molecule has 0 spiro atoms. The van der Waals surface area contributed by atoms with Gasteiger partial charge in [-0.25, -0.2) is 4.39 Å². The molecule has 2 aromatic rings. The van der Waals surface area contributed by atoms with E-state index in [-0.39, 0.29) is 5.82 Å². The van der Waals surface area contributed by atoms with Gasteiger partial charge in [-0.2, -0.15) is 0 Å². The summed E-state index contributed by atoms with van der Waals surface area (Å²) >= 11 is 6.96. The van der Waals surface area contributed by atoms with Crippen molar-refractivity contribution in [1.82, 2.24) is 0 Å². The third-order valence-corrected chi connectivity index (χ3v) is 4.62. The predicted octanol–water partition coefficient (Wildman–Crippen LogP) is 4.45. The third-order valence-electron chi connectivity index (χ3n) is 2.17. The zero-order valence-corrected chi connectivity index (χ0v) is 13.2. The number of hydrogen-bond acceptors (Lipinski definition) is 3. The maximum atomic E-state index is 13.4. The quantitative estimate of drug-likeness (QED) is 0.562. The molecule has 2 nitrogen and oxygen atoms in total. The van der Waals surface area contributed by atoms with E-state index in [2.05, 4.69) is 21.2 Å². The lowest BCUT2D eigenvalue weighted by molar-refractivity contribution is 0.621. The normalized spacial score (nSPS) is 10.5. The second kappa shape index (κ2) is 5.53. The van der Waals surface area contributed by atoms with Crippen molar-refractivity contribution in [3.63, 3.8) is 0 Å². The van der Waals surface area contributed by atoms with Crippen molar-refractivity contribution < 1.29 is 4.39 Å². The molecule has 6 heteroatoms. The Morgan fingerprint density at radius 3 is 2.82 bits per heavy atom. The smallest absolute Gasteiger partial charge is 0.138 e. The Labute approximate surface area is 125 Å². The number of nitrogens with one attached hydrogen (secondary N) is 1. The highest BCUT2D eigenvalue weighted by Gasteiger charge is 2.06. The highest BCUT2D eigenvalue weighted by molar-refractivity contribution is 14.1. The Kier molecular flexibility index (Phi) is 4.26. The van der Waals surface area contributed by atoms with Crippen LogP contribution in [-0.2, 0) is 6.54 Å². The molecule has 0 aliphatic rings. The highest BCUT2D eigenvalue weighted by Crippen LogP contribution is 2.26. The van der Waals surface area contributed by atoms with Crippen LogP contribution in [0.25, 0.3) is 0 Å². The average Bonchev–Trinajstić information content (AvgIpc) is 2.68. The van der Waals surface area contributed by atoms with Crippen LogP contribution in [0.1, 0.15) is 4.88 Å². The highest BCUT2D eigenvalue weighted by atomic mass is 127. The molecule has 0 bridgehead atoms. The van der Waals surface area contributed by atoms with Gasteiger partial charge >= 0.3 is 0 Å². The Morgan fingerprint density at radius 1 is 1.41 bits per heavy atom. The van der Waals surface area contributed by atoms with Gasteiger partial charge in [0.25, 0.3) is 0 Å². The summed E-state index contributed by atoms with van der Waals surface area (Å²) in [4.78, 5) is 1.16. The Balaban J connectivity index is 2.11. The minimum absolute atomic E-state index is 0.255. The zero-order chi connectivity index (χ0) is 12.4. The summed E-state index contributed by atoms with van der Waals surface area (Å²) in [6.45, 7) is 0.639. The molecule has 90 valence electrons. The number of rotatable bonds is 3. The van der Waals surface area contributed by atoms with Crippen molar-refractivity contribution >= 4 is 61.2 Å². The van der Waals surface area contributed by atoms with Crippen molar-refractivity contribution in [2.45, 2.75) is 6.54 Å². The van der Waals surface area contributed by atoms with Gasteiger partial charge in [-0.15, -0.1) is 11.3 Å². The lowest BCUT2D eigenvalue weighted by atomic mass is 10.2. The summed E-state index contributed by atoms with van der Waals surface area (Å²) in [6.07, 6.45) is 0. The standard InChI is InChI=1S/C11H9BrFIN2S/c12-11-2-1-6(17-11)5-16-10-3-7(13)8(14)4-9(10)15/h1-4,16H,5,15H2. The number of hydrogen-bond donors (Lipinski definition) is 2. The number of nitrogens with two attached hydrogens (primary N) is 1. The molecule has 1 aromatic carbocycles. The number of thiophene rings is 1. The number of halogens is 3. The minimum atomic E-state index is -0.255. The molecule has 0 aliphatic heterocycles. The maximum absolute atomic E-state index is 13.4. The molecule has 0 fully saturated rings. The first-order valence-corrected chi connectivity index (χ1v) is 7.47. The monoisotopic (exact) mass is 426 g/mol. The predicted molar refractivity (Wildman–Crippen MR) is 82.9 cm³/mol. The van der Waals surface area contributed by atoms with Crippen LogP contribution >= 0.6 is 49.9 Å². The maximum Gasteiger partial charge on any atom is 0.138 e. The van der Waals surface area contributed by atoms with Gasteiger partial charge in [0.15, 0.2) is 0 Å². The van der Waals surface area contributed by atoms with Gasteiger partial charge in [0.2, 0.25) is 0 Å². The van der Waals surface area contributed by atoms with Gasteiger partial charge in [0.1, 0.15) is 5.82 Å². The topological polar surface area (TPSA) is 38.0 Å². The fourth-order valence-electron chi connectivity index (χ4n) is 1.34. The lowest BCUT2D eigenvalue weighted by Gasteiger charge is -2.09. The second-order valence-electron chi connectivity index (χ2n) is 3.41. The largest absolute Gasteiger partial charge is 0.397 e. The van der Waals surface area contributed by atoms with Crippen LogP contribution in [0.3, 0.4) is 0 Å². The van der Waals surface area contributed by atoms with Crippen molar-refractivity contribution in [2.24, 2.45) is 0 Å². The summed E-state index contributed by atoms with van der Waals surface area (Å²) in [6, 6.07) is 7.06. The molecule has 0 saturated carbocycles. The van der Waals surface area contributed by atoms with Gasteiger partial charge < -0.3 is 11.1 Å². The van der Waals surface area contributed by atoms with Crippen LogP contribution in [0, 0.1) is 9.39 Å². The van der Waals surface area contributed by atoms with Crippen molar-refractivity contribution in [3.05, 3.63) is 42.3 Å². The molecular weight excluding hydrogens is 418 g/mol. The van der Waals surface area contributed by atoms with Crippen molar-refractivity contribution in [2.75, 3.05) is 11.1 Å². The van der Waals surface area contributed by atoms with Gasteiger partial charge in [0.05, 0.1) is 18.7 Å². The van der Waals surface area contributed by atoms with E-state index in [4.69, 9.17) is 5.73 Å². The molecule has 0 atom stereocenters. The summed E-state index contributed by atoms with van der Waals surface area (Å²) < 4.78 is 15.0. The first kappa shape index (κ1) is 13.1. The summed E-state index contributed by atoms with van der Waals surface area (Å²) in [5, 5.41) is 3.13. The van der Waals surface area contributed by atoms with E-state index in [1.165, 1.54) is 6.07 Å². The van der Waals surface area contributed by atoms with E-state index in [0.717, 1.165) is 8.66 Å². The van der Waals surface area contributed by atoms with E-state index in [1.807, 2.05) is 34.7 Å². The van der Waals surface area contributed by atoms with Crippen LogP contribution in [0.15, 0.2) is 28.1 Å². The Hall–Kier alpha value is -0.340. The Morgan fingerprint density at radius 2 is 2.18 bits per heavy atom. The number of anilines is 2. The van der Waals surface area contributed by atoms with E-state index in [0.29, 0.717) is 21.5 Å². The molecule has 2 rings (SSSR count). The van der Waals surface area contributed by atoms with Gasteiger partial charge in [-0.3, -0.25) is 0 Å². The van der Waals surface area contributed by atoms with Crippen LogP contribution in [-0.4, -0.2) is 0 Å². The fourth-order valence-corrected chi connectivity index (χ4v) is 3.26. The molecule has 0 aliphatic carbocycles. The second-order valence-corrected chi connectivity index (χ2v) is 7.12. The van der Waals surface area contributed by atoms with Gasteiger partial charge in [-0.1, -0.05) is 0 Å². The molecule has 1 aromatic heterocycles. The molecule has 0 radical (unpaired) electrons. The summed E-state index contributed by atoms with van der Waals surface area (Å²) in [7, 11) is 0. The molecule has 0 amide bonds. The van der Waals surface area contributed by atoms with Crippen LogP contribution in [0.4, 0.5) is 15.8 Å². The van der Waals surface area contributed by atoms with E-state index in [1.54, 1.807) is 17.4 Å². The molecule has 0 unspecified atom stereocenters. The summed E-state index contributed by atoms with van der Waals surface area (Å²) in [5.41, 5.74) is 7.01. The van der Waals surface area contributed by atoms with Crippen LogP contribution in [0.2, 0.25) is 0 Å². The molecule has 0 saturated heterocycles. The van der Waals surface area contributed by atoms with Crippen molar-refractivity contribution in [3.8, 4) is 0 Å². The molecule has 3 N–H and O–H groups in total. The summed E-state index contributed by atoms with van der Waals surface area (Å²) in [5.74, 6) is -0.255. The number of nitrogen functional groups attached to an aromatic ring is 1. The first-order chi connectivity index (χ1) is 8.06. The first-order valence-electron chi connectivity index (χ1n) is 4.79. The average molecular weight is 427 g/mol. The molecule has 1 heterocycles. The van der Waals surface area contributed by atoms with Crippen LogP contribution < -0.4 is 11.1 Å². The van der Waals surface area contributed by atoms with Crippen LogP contribution in [0.5, 0.6) is 0 Å². The minimum Gasteiger partial charge on any atom is -0.397 e. The third kappa shape index (κ3) is 3.32. The Bertz CT molecular complexity index is 544.